The molecule has 5 unspecified atom stereocenters. The van der Waals surface area contributed by atoms with E-state index in [4.69, 9.17) is 24.1 Å². The molecule has 0 amide bonds. The minimum atomic E-state index is -1.38. The molecule has 1 aliphatic heterocycles. The van der Waals surface area contributed by atoms with Gasteiger partial charge >= 0.3 is 29.8 Å². The van der Waals surface area contributed by atoms with Crippen molar-refractivity contribution in [1.82, 2.24) is 0 Å². The third-order valence-electron chi connectivity index (χ3n) is 13.3. The number of hydrogen-bond acceptors (Lipinski definition) is 9. The van der Waals surface area contributed by atoms with Gasteiger partial charge in [0.15, 0.2) is 0 Å². The molecule has 0 aliphatic carbocycles. The van der Waals surface area contributed by atoms with Gasteiger partial charge in [-0.1, -0.05) is 124 Å². The highest BCUT2D eigenvalue weighted by Gasteiger charge is 2.48. The lowest BCUT2D eigenvalue weighted by molar-refractivity contribution is -0.155. The van der Waals surface area contributed by atoms with Crippen molar-refractivity contribution in [2.75, 3.05) is 6.61 Å². The number of carboxylic acids is 2. The normalized spacial score (nSPS) is 15.1. The maximum absolute atomic E-state index is 14.5. The van der Waals surface area contributed by atoms with Crippen LogP contribution in [0.5, 0.6) is 23.0 Å². The number of ether oxygens (including phenoxy) is 4. The van der Waals surface area contributed by atoms with Crippen molar-refractivity contribution in [1.29, 1.82) is 0 Å². The molecule has 5 atom stereocenters. The van der Waals surface area contributed by atoms with E-state index in [-0.39, 0.29) is 16.9 Å². The van der Waals surface area contributed by atoms with Crippen LogP contribution in [0.15, 0.2) is 60.7 Å². The number of hydrogen-bond donors (Lipinski definition) is 2. The van der Waals surface area contributed by atoms with Crippen LogP contribution in [0.3, 0.4) is 0 Å². The van der Waals surface area contributed by atoms with Crippen molar-refractivity contribution in [3.05, 3.63) is 82.9 Å². The molecule has 0 bridgehead atoms. The van der Waals surface area contributed by atoms with E-state index in [1.54, 1.807) is 55.5 Å². The second kappa shape index (κ2) is 26.8. The summed E-state index contributed by atoms with van der Waals surface area (Å²) in [5.74, 6) is -0.839. The average molecular weight is 927 g/mol. The molecule has 1 heterocycles. The summed E-state index contributed by atoms with van der Waals surface area (Å²) in [7, 11) is 0. The van der Waals surface area contributed by atoms with Gasteiger partial charge in [0.05, 0.1) is 17.9 Å². The predicted molar refractivity (Wildman–Crippen MR) is 264 cm³/mol. The van der Waals surface area contributed by atoms with Gasteiger partial charge in [-0.25, -0.2) is 0 Å². The number of benzene rings is 3. The van der Waals surface area contributed by atoms with Crippen molar-refractivity contribution in [3.63, 3.8) is 0 Å². The molecule has 0 saturated heterocycles. The van der Waals surface area contributed by atoms with Crippen LogP contribution in [-0.4, -0.2) is 46.7 Å². The van der Waals surface area contributed by atoms with Crippen LogP contribution in [0.1, 0.15) is 175 Å². The zero-order valence-corrected chi connectivity index (χ0v) is 42.1. The molecule has 3 aromatic carbocycles. The first-order valence-electron chi connectivity index (χ1n) is 24.3. The summed E-state index contributed by atoms with van der Waals surface area (Å²) in [4.78, 5) is 60.7. The summed E-state index contributed by atoms with van der Waals surface area (Å²) in [5, 5.41) is 18.9. The van der Waals surface area contributed by atoms with E-state index in [2.05, 4.69) is 48.5 Å². The van der Waals surface area contributed by atoms with Crippen molar-refractivity contribution in [2.24, 2.45) is 34.5 Å². The molecule has 11 heteroatoms. The van der Waals surface area contributed by atoms with Gasteiger partial charge in [0, 0.05) is 26.3 Å². The number of unbranched alkanes of at least 4 members (excludes halogenated alkanes) is 1. The second-order valence-corrected chi connectivity index (χ2v) is 20.0. The monoisotopic (exact) mass is 927 g/mol. The van der Waals surface area contributed by atoms with E-state index in [1.807, 2.05) is 25.1 Å². The SMILES string of the molecule is CC(=O)Oc1cc(/C=C/c2ccc(OC(=O)C(C)(CCCC(C)C(C)CC(C)C(C)(C)CCCC(C)C)C(C(=O)O)c3ccc4c(c3)CCCO4)cc2)cc(OC(C)=O)c1.CCCCC(=O)O. The Hall–Kier alpha value is -5.45. The molecule has 3 aromatic rings. The highest BCUT2D eigenvalue weighted by molar-refractivity contribution is 5.89. The number of esters is 3. The summed E-state index contributed by atoms with van der Waals surface area (Å²) in [6.07, 6.45) is 14.0. The number of aliphatic carboxylic acids is 2. The summed E-state index contributed by atoms with van der Waals surface area (Å²) in [6, 6.07) is 17.2. The van der Waals surface area contributed by atoms with Crippen LogP contribution < -0.4 is 18.9 Å². The van der Waals surface area contributed by atoms with Gasteiger partial charge in [0.1, 0.15) is 23.0 Å². The molecule has 368 valence electrons. The smallest absolute Gasteiger partial charge is 0.318 e. The molecular formula is C56H78O11. The molecule has 0 fully saturated rings. The Labute approximate surface area is 400 Å². The number of carbonyl (C=O) groups excluding carboxylic acids is 3. The number of rotatable bonds is 24. The fraction of sp³-hybridized carbons (Fsp3) is 0.554. The Morgan fingerprint density at radius 3 is 1.88 bits per heavy atom. The Morgan fingerprint density at radius 1 is 0.716 bits per heavy atom. The van der Waals surface area contributed by atoms with Gasteiger partial charge in [0.2, 0.25) is 0 Å². The van der Waals surface area contributed by atoms with Crippen LogP contribution in [0.4, 0.5) is 0 Å². The maximum Gasteiger partial charge on any atom is 0.318 e. The minimum absolute atomic E-state index is 0.236. The molecule has 0 radical (unpaired) electrons. The molecule has 11 nitrogen and oxygen atoms in total. The molecule has 4 rings (SSSR count). The first kappa shape index (κ1) is 55.9. The minimum Gasteiger partial charge on any atom is -0.493 e. The van der Waals surface area contributed by atoms with Crippen LogP contribution in [-0.2, 0) is 30.4 Å². The van der Waals surface area contributed by atoms with E-state index in [9.17, 15) is 29.1 Å². The van der Waals surface area contributed by atoms with Crippen LogP contribution >= 0.6 is 0 Å². The number of carboxylic acid groups (broad SMARTS) is 2. The fourth-order valence-electron chi connectivity index (χ4n) is 8.63. The molecule has 1 aliphatic rings. The number of aryl methyl sites for hydroxylation is 1. The second-order valence-electron chi connectivity index (χ2n) is 20.0. The maximum atomic E-state index is 14.5. The largest absolute Gasteiger partial charge is 0.493 e. The standard InChI is InChI=1S/C51H68O9.C5H10O2/c1-33(2)14-11-25-50(8,9)36(5)28-35(4)34(3)15-12-26-51(10,47(48(54)55)42-21-24-46-41(31-42)16-13-27-57-46)49(56)60-43-22-19-39(20-23-43)17-18-40-29-44(58-37(6)52)32-45(30-40)59-38(7)53;1-2-3-4-5(6)7/h17-24,29-36,47H,11-16,25-28H2,1-10H3,(H,54,55);2-4H2,1H3,(H,6,7)/b18-17+;. The van der Waals surface area contributed by atoms with Crippen LogP contribution in [0.25, 0.3) is 12.2 Å². The molecule has 0 saturated carbocycles. The quantitative estimate of drug-likeness (QED) is 0.0499. The third kappa shape index (κ3) is 18.6. The van der Waals surface area contributed by atoms with Crippen molar-refractivity contribution in [3.8, 4) is 23.0 Å². The molecule has 2 N–H and O–H groups in total. The van der Waals surface area contributed by atoms with Crippen molar-refractivity contribution >= 4 is 42.0 Å². The lowest BCUT2D eigenvalue weighted by Crippen LogP contribution is -2.41. The van der Waals surface area contributed by atoms with Crippen LogP contribution in [0, 0.1) is 34.5 Å². The third-order valence-corrected chi connectivity index (χ3v) is 13.3. The lowest BCUT2D eigenvalue weighted by atomic mass is 9.68. The fourth-order valence-corrected chi connectivity index (χ4v) is 8.63. The van der Waals surface area contributed by atoms with E-state index >= 15 is 0 Å². The van der Waals surface area contributed by atoms with Gasteiger partial charge < -0.3 is 29.2 Å². The summed E-state index contributed by atoms with van der Waals surface area (Å²) in [6.45, 7) is 23.3. The van der Waals surface area contributed by atoms with E-state index in [1.165, 1.54) is 39.2 Å². The van der Waals surface area contributed by atoms with Gasteiger partial charge in [0.25, 0.3) is 0 Å². The topological polar surface area (TPSA) is 163 Å². The van der Waals surface area contributed by atoms with Gasteiger partial charge in [-0.2, -0.15) is 0 Å². The number of fused-ring (bicyclic) bond motifs is 1. The highest BCUT2D eigenvalue weighted by atomic mass is 16.5. The Kier molecular flexibility index (Phi) is 22.3. The summed E-state index contributed by atoms with van der Waals surface area (Å²) >= 11 is 0. The Balaban J connectivity index is 0.00000157. The Bertz CT molecular complexity index is 2080. The molecule has 0 aromatic heterocycles. The van der Waals surface area contributed by atoms with Gasteiger partial charge in [-0.05, 0) is 127 Å². The summed E-state index contributed by atoms with van der Waals surface area (Å²) < 4.78 is 22.3. The van der Waals surface area contributed by atoms with E-state index in [0.29, 0.717) is 66.4 Å². The van der Waals surface area contributed by atoms with Gasteiger partial charge in [-0.3, -0.25) is 24.0 Å². The van der Waals surface area contributed by atoms with E-state index < -0.39 is 41.2 Å². The predicted octanol–water partition coefficient (Wildman–Crippen LogP) is 13.4. The molecular weight excluding hydrogens is 849 g/mol. The van der Waals surface area contributed by atoms with Crippen LogP contribution in [0.2, 0.25) is 0 Å². The highest BCUT2D eigenvalue weighted by Crippen LogP contribution is 2.45. The zero-order chi connectivity index (χ0) is 49.9. The average Bonchev–Trinajstić information content (AvgIpc) is 3.24. The Morgan fingerprint density at radius 2 is 1.33 bits per heavy atom. The van der Waals surface area contributed by atoms with Gasteiger partial charge in [-0.15, -0.1) is 0 Å². The van der Waals surface area contributed by atoms with Crippen molar-refractivity contribution < 1.29 is 53.1 Å². The zero-order valence-electron chi connectivity index (χ0n) is 42.1. The first-order valence-corrected chi connectivity index (χ1v) is 24.3. The summed E-state index contributed by atoms with van der Waals surface area (Å²) in [5.41, 5.74) is 1.80. The number of carbonyl (C=O) groups is 5. The van der Waals surface area contributed by atoms with E-state index in [0.717, 1.165) is 55.4 Å². The molecule has 0 spiro atoms. The lowest BCUT2D eigenvalue weighted by Gasteiger charge is -2.36. The molecule has 67 heavy (non-hydrogen) atoms. The van der Waals surface area contributed by atoms with Crippen molar-refractivity contribution in [2.45, 2.75) is 159 Å². The first-order chi connectivity index (χ1) is 31.5.